The minimum atomic E-state index is -0.648. The van der Waals surface area contributed by atoms with Crippen LogP contribution in [-0.4, -0.2) is 20.8 Å². The van der Waals surface area contributed by atoms with E-state index in [2.05, 4.69) is 10.4 Å². The van der Waals surface area contributed by atoms with Gasteiger partial charge in [-0.25, -0.2) is 0 Å². The summed E-state index contributed by atoms with van der Waals surface area (Å²) in [5.41, 5.74) is 2.41. The molecule has 1 unspecified atom stereocenters. The van der Waals surface area contributed by atoms with E-state index in [1.807, 2.05) is 44.5 Å². The molecule has 0 saturated carbocycles. The number of rotatable bonds is 3. The van der Waals surface area contributed by atoms with E-state index in [9.17, 15) is 9.90 Å². The first-order valence-corrected chi connectivity index (χ1v) is 7.35. The first-order chi connectivity index (χ1) is 10.2. The highest BCUT2D eigenvalue weighted by molar-refractivity contribution is 6.03. The average molecular weight is 301 g/mol. The number of amides is 1. The Labute approximate surface area is 131 Å². The Balaban J connectivity index is 2.28. The van der Waals surface area contributed by atoms with Crippen molar-refractivity contribution in [3.63, 3.8) is 0 Å². The van der Waals surface area contributed by atoms with Crippen molar-refractivity contribution >= 4 is 11.6 Å². The molecule has 0 aliphatic carbocycles. The fourth-order valence-corrected chi connectivity index (χ4v) is 2.43. The van der Waals surface area contributed by atoms with E-state index >= 15 is 0 Å². The third kappa shape index (κ3) is 3.36. The van der Waals surface area contributed by atoms with Crippen molar-refractivity contribution in [3.8, 4) is 0 Å². The SMILES string of the molecule is Cc1cc(C(=O)Nc2ccccc2C(C)O)nn1C(C)(C)C. The van der Waals surface area contributed by atoms with Crippen LogP contribution in [0.5, 0.6) is 0 Å². The molecular formula is C17H23N3O2. The lowest BCUT2D eigenvalue weighted by Gasteiger charge is -2.21. The van der Waals surface area contributed by atoms with Crippen molar-refractivity contribution < 1.29 is 9.90 Å². The predicted octanol–water partition coefficient (Wildman–Crippen LogP) is 3.25. The standard InChI is InChI=1S/C17H23N3O2/c1-11-10-15(19-20(11)17(3,4)5)16(22)18-14-9-7-6-8-13(14)12(2)21/h6-10,12,21H,1-5H3,(H,18,22). The van der Waals surface area contributed by atoms with Crippen LogP contribution in [0.25, 0.3) is 0 Å². The number of aryl methyl sites for hydroxylation is 1. The van der Waals surface area contributed by atoms with Crippen molar-refractivity contribution in [3.05, 3.63) is 47.3 Å². The fourth-order valence-electron chi connectivity index (χ4n) is 2.43. The summed E-state index contributed by atoms with van der Waals surface area (Å²) in [6, 6.07) is 8.98. The molecule has 5 heteroatoms. The van der Waals surface area contributed by atoms with Gasteiger partial charge in [0.05, 0.1) is 11.6 Å². The molecule has 2 aromatic rings. The van der Waals surface area contributed by atoms with E-state index in [4.69, 9.17) is 0 Å². The van der Waals surface area contributed by atoms with Crippen LogP contribution < -0.4 is 5.32 Å². The number of carbonyl (C=O) groups is 1. The second-order valence-electron chi connectivity index (χ2n) is 6.47. The highest BCUT2D eigenvalue weighted by atomic mass is 16.3. The van der Waals surface area contributed by atoms with Gasteiger partial charge in [0, 0.05) is 16.9 Å². The lowest BCUT2D eigenvalue weighted by Crippen LogP contribution is -2.25. The van der Waals surface area contributed by atoms with E-state index in [0.29, 0.717) is 16.9 Å². The summed E-state index contributed by atoms with van der Waals surface area (Å²) in [5, 5.41) is 17.0. The maximum Gasteiger partial charge on any atom is 0.276 e. The number of anilines is 1. The third-order valence-electron chi connectivity index (χ3n) is 3.41. The number of carbonyl (C=O) groups excluding carboxylic acids is 1. The molecular weight excluding hydrogens is 278 g/mol. The number of nitrogens with one attached hydrogen (secondary N) is 1. The van der Waals surface area contributed by atoms with Crippen molar-refractivity contribution in [2.75, 3.05) is 5.32 Å². The summed E-state index contributed by atoms with van der Waals surface area (Å²) >= 11 is 0. The van der Waals surface area contributed by atoms with E-state index < -0.39 is 6.10 Å². The molecule has 22 heavy (non-hydrogen) atoms. The Morgan fingerprint density at radius 3 is 2.50 bits per heavy atom. The number of benzene rings is 1. The molecule has 1 aromatic heterocycles. The van der Waals surface area contributed by atoms with Crippen LogP contribution in [0.15, 0.2) is 30.3 Å². The average Bonchev–Trinajstić information content (AvgIpc) is 2.81. The topological polar surface area (TPSA) is 67.2 Å². The van der Waals surface area contributed by atoms with E-state index in [0.717, 1.165) is 5.69 Å². The molecule has 0 radical (unpaired) electrons. The normalized spacial score (nSPS) is 13.0. The largest absolute Gasteiger partial charge is 0.389 e. The van der Waals surface area contributed by atoms with Crippen LogP contribution in [0, 0.1) is 6.92 Å². The van der Waals surface area contributed by atoms with Crippen molar-refractivity contribution in [1.82, 2.24) is 9.78 Å². The molecule has 5 nitrogen and oxygen atoms in total. The summed E-state index contributed by atoms with van der Waals surface area (Å²) in [4.78, 5) is 12.4. The molecule has 118 valence electrons. The Morgan fingerprint density at radius 2 is 1.95 bits per heavy atom. The highest BCUT2D eigenvalue weighted by Gasteiger charge is 2.21. The molecule has 1 atom stereocenters. The van der Waals surface area contributed by atoms with E-state index in [1.54, 1.807) is 25.1 Å². The molecule has 0 spiro atoms. The Morgan fingerprint density at radius 1 is 1.32 bits per heavy atom. The molecule has 0 aliphatic heterocycles. The number of hydrogen-bond acceptors (Lipinski definition) is 3. The maximum atomic E-state index is 12.4. The van der Waals surface area contributed by atoms with Crippen LogP contribution in [0.2, 0.25) is 0 Å². The zero-order valence-corrected chi connectivity index (χ0v) is 13.7. The molecule has 0 bridgehead atoms. The van der Waals surface area contributed by atoms with Crippen molar-refractivity contribution in [2.24, 2.45) is 0 Å². The molecule has 0 aliphatic rings. The molecule has 0 fully saturated rings. The Kier molecular flexibility index (Phi) is 4.37. The Bertz CT molecular complexity index is 681. The summed E-state index contributed by atoms with van der Waals surface area (Å²) in [7, 11) is 0. The van der Waals surface area contributed by atoms with Gasteiger partial charge in [0.1, 0.15) is 0 Å². The van der Waals surface area contributed by atoms with E-state index in [1.165, 1.54) is 0 Å². The summed E-state index contributed by atoms with van der Waals surface area (Å²) in [6.45, 7) is 9.72. The molecule has 2 rings (SSSR count). The summed E-state index contributed by atoms with van der Waals surface area (Å²) in [5.74, 6) is -0.279. The van der Waals surface area contributed by atoms with Crippen molar-refractivity contribution in [2.45, 2.75) is 46.3 Å². The number of hydrogen-bond donors (Lipinski definition) is 2. The molecule has 1 heterocycles. The summed E-state index contributed by atoms with van der Waals surface area (Å²) < 4.78 is 1.84. The lowest BCUT2D eigenvalue weighted by atomic mass is 10.1. The van der Waals surface area contributed by atoms with Gasteiger partial charge < -0.3 is 10.4 Å². The highest BCUT2D eigenvalue weighted by Crippen LogP contribution is 2.23. The molecule has 1 aromatic carbocycles. The fraction of sp³-hybridized carbons (Fsp3) is 0.412. The summed E-state index contributed by atoms with van der Waals surface area (Å²) in [6.07, 6.45) is -0.648. The van der Waals surface area contributed by atoms with Crippen LogP contribution >= 0.6 is 0 Å². The minimum absolute atomic E-state index is 0.180. The van der Waals surface area contributed by atoms with Gasteiger partial charge in [-0.2, -0.15) is 5.10 Å². The van der Waals surface area contributed by atoms with Gasteiger partial charge in [0.15, 0.2) is 5.69 Å². The van der Waals surface area contributed by atoms with Gasteiger partial charge >= 0.3 is 0 Å². The minimum Gasteiger partial charge on any atom is -0.389 e. The molecule has 1 amide bonds. The number of aliphatic hydroxyl groups is 1. The third-order valence-corrected chi connectivity index (χ3v) is 3.41. The second-order valence-corrected chi connectivity index (χ2v) is 6.47. The first kappa shape index (κ1) is 16.2. The van der Waals surface area contributed by atoms with Gasteiger partial charge in [0.25, 0.3) is 5.91 Å². The van der Waals surface area contributed by atoms with Gasteiger partial charge in [-0.3, -0.25) is 9.48 Å². The van der Waals surface area contributed by atoms with Crippen LogP contribution in [0.1, 0.15) is 55.5 Å². The molecule has 0 saturated heterocycles. The zero-order valence-electron chi connectivity index (χ0n) is 13.7. The quantitative estimate of drug-likeness (QED) is 0.914. The van der Waals surface area contributed by atoms with Gasteiger partial charge in [0.2, 0.25) is 0 Å². The monoisotopic (exact) mass is 301 g/mol. The smallest absolute Gasteiger partial charge is 0.276 e. The number of nitrogens with zero attached hydrogens (tertiary/aromatic N) is 2. The van der Waals surface area contributed by atoms with Crippen molar-refractivity contribution in [1.29, 1.82) is 0 Å². The predicted molar refractivity (Wildman–Crippen MR) is 87.0 cm³/mol. The second kappa shape index (κ2) is 5.93. The first-order valence-electron chi connectivity index (χ1n) is 7.35. The lowest BCUT2D eigenvalue weighted by molar-refractivity contribution is 0.102. The maximum absolute atomic E-state index is 12.4. The van der Waals surface area contributed by atoms with E-state index in [-0.39, 0.29) is 11.4 Å². The molecule has 2 N–H and O–H groups in total. The number of aromatic nitrogens is 2. The van der Waals surface area contributed by atoms with Gasteiger partial charge in [-0.1, -0.05) is 18.2 Å². The van der Waals surface area contributed by atoms with Crippen LogP contribution in [0.3, 0.4) is 0 Å². The zero-order chi connectivity index (χ0) is 16.5. The van der Waals surface area contributed by atoms with Crippen LogP contribution in [-0.2, 0) is 5.54 Å². The van der Waals surface area contributed by atoms with Crippen LogP contribution in [0.4, 0.5) is 5.69 Å². The number of aliphatic hydroxyl groups excluding tert-OH is 1. The Hall–Kier alpha value is -2.14. The van der Waals surface area contributed by atoms with Gasteiger partial charge in [-0.05, 0) is 46.8 Å². The number of para-hydroxylation sites is 1. The van der Waals surface area contributed by atoms with Gasteiger partial charge in [-0.15, -0.1) is 0 Å².